The zero-order valence-electron chi connectivity index (χ0n) is 13.2. The molecule has 3 rings (SSSR count). The lowest BCUT2D eigenvalue weighted by atomic mass is 10.0. The smallest absolute Gasteiger partial charge is 0.270 e. The Bertz CT molecular complexity index is 684. The first-order valence-electron chi connectivity index (χ1n) is 7.83. The normalized spacial score (nSPS) is 17.7. The van der Waals surface area contributed by atoms with E-state index in [4.69, 9.17) is 4.74 Å². The second kappa shape index (κ2) is 7.28. The van der Waals surface area contributed by atoms with Crippen LogP contribution >= 0.6 is 0 Å². The lowest BCUT2D eigenvalue weighted by Crippen LogP contribution is -2.25. The number of ether oxygens (including phenoxy) is 1. The molecule has 1 saturated heterocycles. The highest BCUT2D eigenvalue weighted by Gasteiger charge is 2.19. The van der Waals surface area contributed by atoms with Crippen LogP contribution in [0.5, 0.6) is 0 Å². The SMILES string of the molecule is Cc1cccnc1C(=O)NCc1ccnc([C@H]2CCCOC2)n1. The average molecular weight is 312 g/mol. The van der Waals surface area contributed by atoms with Crippen LogP contribution in [0.15, 0.2) is 30.6 Å². The highest BCUT2D eigenvalue weighted by atomic mass is 16.5. The minimum atomic E-state index is -0.190. The number of rotatable bonds is 4. The van der Waals surface area contributed by atoms with E-state index < -0.39 is 0 Å². The van der Waals surface area contributed by atoms with E-state index in [0.717, 1.165) is 36.5 Å². The predicted octanol–water partition coefficient (Wildman–Crippen LogP) is 2.00. The molecule has 1 amide bonds. The molecule has 23 heavy (non-hydrogen) atoms. The molecule has 0 aliphatic carbocycles. The van der Waals surface area contributed by atoms with Crippen LogP contribution in [0.25, 0.3) is 0 Å². The molecule has 120 valence electrons. The van der Waals surface area contributed by atoms with E-state index in [1.165, 1.54) is 0 Å². The van der Waals surface area contributed by atoms with Crippen LogP contribution in [-0.4, -0.2) is 34.1 Å². The van der Waals surface area contributed by atoms with Crippen molar-refractivity contribution in [2.45, 2.75) is 32.2 Å². The van der Waals surface area contributed by atoms with Crippen molar-refractivity contribution in [1.82, 2.24) is 20.3 Å². The van der Waals surface area contributed by atoms with Crippen LogP contribution in [0.1, 0.15) is 46.3 Å². The van der Waals surface area contributed by atoms with Crippen molar-refractivity contribution >= 4 is 5.91 Å². The summed E-state index contributed by atoms with van der Waals surface area (Å²) in [6.45, 7) is 3.71. The van der Waals surface area contributed by atoms with E-state index in [9.17, 15) is 4.79 Å². The van der Waals surface area contributed by atoms with Crippen molar-refractivity contribution < 1.29 is 9.53 Å². The molecular formula is C17H20N4O2. The molecule has 0 radical (unpaired) electrons. The first kappa shape index (κ1) is 15.6. The topological polar surface area (TPSA) is 77.0 Å². The summed E-state index contributed by atoms with van der Waals surface area (Å²) in [6.07, 6.45) is 5.44. The number of hydrogen-bond acceptors (Lipinski definition) is 5. The Balaban J connectivity index is 1.64. The van der Waals surface area contributed by atoms with Crippen molar-refractivity contribution in [2.24, 2.45) is 0 Å². The summed E-state index contributed by atoms with van der Waals surface area (Å²) < 4.78 is 5.49. The molecule has 0 saturated carbocycles. The van der Waals surface area contributed by atoms with Crippen molar-refractivity contribution in [1.29, 1.82) is 0 Å². The Labute approximate surface area is 135 Å². The van der Waals surface area contributed by atoms with Gasteiger partial charge in [0.1, 0.15) is 11.5 Å². The predicted molar refractivity (Wildman–Crippen MR) is 85.0 cm³/mol. The molecule has 6 heteroatoms. The van der Waals surface area contributed by atoms with E-state index in [0.29, 0.717) is 18.8 Å². The maximum atomic E-state index is 12.2. The van der Waals surface area contributed by atoms with Crippen molar-refractivity contribution in [2.75, 3.05) is 13.2 Å². The summed E-state index contributed by atoms with van der Waals surface area (Å²) in [7, 11) is 0. The summed E-state index contributed by atoms with van der Waals surface area (Å²) in [4.78, 5) is 25.2. The van der Waals surface area contributed by atoms with Gasteiger partial charge in [-0.2, -0.15) is 0 Å². The van der Waals surface area contributed by atoms with Crippen molar-refractivity contribution in [3.63, 3.8) is 0 Å². The van der Waals surface area contributed by atoms with Crippen molar-refractivity contribution in [3.8, 4) is 0 Å². The maximum Gasteiger partial charge on any atom is 0.270 e. The third-order valence-electron chi connectivity index (χ3n) is 3.91. The van der Waals surface area contributed by atoms with Gasteiger partial charge < -0.3 is 10.1 Å². The molecule has 0 spiro atoms. The first-order chi connectivity index (χ1) is 11.2. The van der Waals surface area contributed by atoms with Crippen LogP contribution < -0.4 is 5.32 Å². The quantitative estimate of drug-likeness (QED) is 0.934. The van der Waals surface area contributed by atoms with Crippen LogP contribution in [0.3, 0.4) is 0 Å². The number of aryl methyl sites for hydroxylation is 1. The van der Waals surface area contributed by atoms with Crippen molar-refractivity contribution in [3.05, 3.63) is 53.4 Å². The van der Waals surface area contributed by atoms with Gasteiger partial charge in [-0.25, -0.2) is 9.97 Å². The zero-order valence-corrected chi connectivity index (χ0v) is 13.2. The zero-order chi connectivity index (χ0) is 16.1. The summed E-state index contributed by atoms with van der Waals surface area (Å²) in [6, 6.07) is 5.50. The lowest BCUT2D eigenvalue weighted by molar-refractivity contribution is 0.0779. The number of amides is 1. The summed E-state index contributed by atoms with van der Waals surface area (Å²) >= 11 is 0. The largest absolute Gasteiger partial charge is 0.381 e. The fourth-order valence-electron chi connectivity index (χ4n) is 2.63. The Morgan fingerprint density at radius 2 is 2.26 bits per heavy atom. The monoisotopic (exact) mass is 312 g/mol. The number of carbonyl (C=O) groups is 1. The molecule has 1 atom stereocenters. The molecule has 0 bridgehead atoms. The number of nitrogens with zero attached hydrogens (tertiary/aromatic N) is 3. The fourth-order valence-corrected chi connectivity index (χ4v) is 2.63. The standard InChI is InChI=1S/C17H20N4O2/c1-12-4-2-7-18-15(12)17(22)20-10-14-6-8-19-16(21-14)13-5-3-9-23-11-13/h2,4,6-8,13H,3,5,9-11H2,1H3,(H,20,22)/t13-/m0/s1. The molecule has 0 aromatic carbocycles. The number of pyridine rings is 1. The third-order valence-corrected chi connectivity index (χ3v) is 3.91. The van der Waals surface area contributed by atoms with Crippen LogP contribution in [0, 0.1) is 6.92 Å². The van der Waals surface area contributed by atoms with Gasteiger partial charge in [0.25, 0.3) is 5.91 Å². The second-order valence-electron chi connectivity index (χ2n) is 5.67. The summed E-state index contributed by atoms with van der Waals surface area (Å²) in [5.74, 6) is 0.854. The molecule has 3 heterocycles. The first-order valence-corrected chi connectivity index (χ1v) is 7.83. The second-order valence-corrected chi connectivity index (χ2v) is 5.67. The number of aromatic nitrogens is 3. The summed E-state index contributed by atoms with van der Waals surface area (Å²) in [5, 5.41) is 2.86. The summed E-state index contributed by atoms with van der Waals surface area (Å²) in [5.41, 5.74) is 2.10. The van der Waals surface area contributed by atoms with Gasteiger partial charge in [-0.15, -0.1) is 0 Å². The minimum Gasteiger partial charge on any atom is -0.381 e. The average Bonchev–Trinajstić information content (AvgIpc) is 2.61. The van der Waals surface area contributed by atoms with Gasteiger partial charge in [-0.1, -0.05) is 6.07 Å². The van der Waals surface area contributed by atoms with Gasteiger partial charge in [-0.05, 0) is 37.5 Å². The number of hydrogen-bond donors (Lipinski definition) is 1. The number of nitrogens with one attached hydrogen (secondary N) is 1. The Kier molecular flexibility index (Phi) is 4.92. The fraction of sp³-hybridized carbons (Fsp3) is 0.412. The number of carbonyl (C=O) groups excluding carboxylic acids is 1. The molecule has 1 aliphatic rings. The van der Waals surface area contributed by atoms with Crippen LogP contribution in [0.4, 0.5) is 0 Å². The molecule has 2 aromatic rings. The molecule has 1 N–H and O–H groups in total. The van der Waals surface area contributed by atoms with Gasteiger partial charge in [0.2, 0.25) is 0 Å². The molecule has 1 aliphatic heterocycles. The molecule has 2 aromatic heterocycles. The highest BCUT2D eigenvalue weighted by molar-refractivity contribution is 5.93. The van der Waals surface area contributed by atoms with E-state index >= 15 is 0 Å². The maximum absolute atomic E-state index is 12.2. The van der Waals surface area contributed by atoms with E-state index in [1.54, 1.807) is 12.4 Å². The van der Waals surface area contributed by atoms with Gasteiger partial charge in [-0.3, -0.25) is 9.78 Å². The van der Waals surface area contributed by atoms with E-state index in [1.807, 2.05) is 25.1 Å². The highest BCUT2D eigenvalue weighted by Crippen LogP contribution is 2.22. The molecule has 0 unspecified atom stereocenters. The lowest BCUT2D eigenvalue weighted by Gasteiger charge is -2.20. The third kappa shape index (κ3) is 3.90. The molecular weight excluding hydrogens is 292 g/mol. The Morgan fingerprint density at radius 3 is 3.04 bits per heavy atom. The van der Waals surface area contributed by atoms with Gasteiger partial charge in [0.15, 0.2) is 0 Å². The Hall–Kier alpha value is -2.34. The van der Waals surface area contributed by atoms with Gasteiger partial charge >= 0.3 is 0 Å². The molecule has 6 nitrogen and oxygen atoms in total. The van der Waals surface area contributed by atoms with Gasteiger partial charge in [0.05, 0.1) is 18.8 Å². The van der Waals surface area contributed by atoms with E-state index in [-0.39, 0.29) is 11.8 Å². The Morgan fingerprint density at radius 1 is 1.35 bits per heavy atom. The van der Waals surface area contributed by atoms with E-state index in [2.05, 4.69) is 20.3 Å². The minimum absolute atomic E-state index is 0.190. The van der Waals surface area contributed by atoms with Crippen LogP contribution in [0.2, 0.25) is 0 Å². The van der Waals surface area contributed by atoms with Gasteiger partial charge in [0, 0.05) is 24.9 Å². The van der Waals surface area contributed by atoms with Crippen LogP contribution in [-0.2, 0) is 11.3 Å². The molecule has 1 fully saturated rings.